The van der Waals surface area contributed by atoms with E-state index in [9.17, 15) is 13.2 Å². The highest BCUT2D eigenvalue weighted by Crippen LogP contribution is 2.19. The molecule has 0 bridgehead atoms. The van der Waals surface area contributed by atoms with E-state index in [1.807, 2.05) is 0 Å². The van der Waals surface area contributed by atoms with Crippen molar-refractivity contribution < 1.29 is 13.2 Å². The largest absolute Gasteiger partial charge is 0.322 e. The molecule has 1 N–H and O–H groups in total. The van der Waals surface area contributed by atoms with Crippen molar-refractivity contribution in [3.63, 3.8) is 0 Å². The molecule has 1 aromatic carbocycles. The zero-order valence-corrected chi connectivity index (χ0v) is 15.4. The van der Waals surface area contributed by atoms with Gasteiger partial charge in [0.2, 0.25) is 10.0 Å². The lowest BCUT2D eigenvalue weighted by atomic mass is 10.2. The summed E-state index contributed by atoms with van der Waals surface area (Å²) in [5, 5.41) is 2.77. The average Bonchev–Trinajstić information content (AvgIpc) is 3.10. The molecule has 0 saturated carbocycles. The minimum Gasteiger partial charge on any atom is -0.322 e. The van der Waals surface area contributed by atoms with E-state index in [-0.39, 0.29) is 10.8 Å². The Morgan fingerprint density at radius 1 is 1.12 bits per heavy atom. The van der Waals surface area contributed by atoms with Gasteiger partial charge < -0.3 is 9.72 Å². The maximum Gasteiger partial charge on any atom is 0.257 e. The first-order valence-electron chi connectivity index (χ1n) is 8.30. The number of nitrogens with zero attached hydrogens (tertiary/aromatic N) is 3. The third-order valence-corrected chi connectivity index (χ3v) is 6.17. The molecule has 3 rings (SSSR count). The second-order valence-electron chi connectivity index (χ2n) is 5.68. The first-order valence-corrected chi connectivity index (χ1v) is 9.74. The summed E-state index contributed by atoms with van der Waals surface area (Å²) in [6, 6.07) is 9.63. The Hall–Kier alpha value is -2.71. The van der Waals surface area contributed by atoms with Crippen molar-refractivity contribution in [2.24, 2.45) is 0 Å². The number of amides is 1. The van der Waals surface area contributed by atoms with Crippen LogP contribution in [0.2, 0.25) is 0 Å². The predicted molar refractivity (Wildman–Crippen MR) is 99.7 cm³/mol. The zero-order valence-electron chi connectivity index (χ0n) is 14.6. The van der Waals surface area contributed by atoms with Gasteiger partial charge in [-0.1, -0.05) is 13.8 Å². The smallest absolute Gasteiger partial charge is 0.257 e. The molecule has 1 amide bonds. The summed E-state index contributed by atoms with van der Waals surface area (Å²) in [5.41, 5.74) is 1.77. The fraction of sp³-hybridized carbons (Fsp3) is 0.222. The Bertz CT molecular complexity index is 1020. The highest BCUT2D eigenvalue weighted by molar-refractivity contribution is 7.89. The van der Waals surface area contributed by atoms with Gasteiger partial charge >= 0.3 is 0 Å². The molecule has 2 heterocycles. The van der Waals surface area contributed by atoms with Gasteiger partial charge in [0.05, 0.1) is 10.5 Å². The summed E-state index contributed by atoms with van der Waals surface area (Å²) >= 11 is 0. The quantitative estimate of drug-likeness (QED) is 0.721. The van der Waals surface area contributed by atoms with E-state index in [2.05, 4.69) is 10.3 Å². The summed E-state index contributed by atoms with van der Waals surface area (Å²) in [4.78, 5) is 16.7. The molecule has 0 saturated heterocycles. The molecule has 8 heteroatoms. The molecule has 136 valence electrons. The van der Waals surface area contributed by atoms with Crippen molar-refractivity contribution in [2.45, 2.75) is 18.7 Å². The molecule has 0 radical (unpaired) electrons. The van der Waals surface area contributed by atoms with Gasteiger partial charge in [-0.2, -0.15) is 4.31 Å². The van der Waals surface area contributed by atoms with Crippen LogP contribution in [-0.4, -0.2) is 41.1 Å². The van der Waals surface area contributed by atoms with Crippen LogP contribution in [0, 0.1) is 0 Å². The fourth-order valence-corrected chi connectivity index (χ4v) is 4.14. The lowest BCUT2D eigenvalue weighted by molar-refractivity contribution is 0.102. The first-order chi connectivity index (χ1) is 12.5. The van der Waals surface area contributed by atoms with Crippen molar-refractivity contribution in [3.8, 4) is 0 Å². The minimum absolute atomic E-state index is 0.207. The highest BCUT2D eigenvalue weighted by Gasteiger charge is 2.21. The zero-order chi connectivity index (χ0) is 18.7. The number of fused-ring (bicyclic) bond motifs is 1. The third kappa shape index (κ3) is 3.47. The fourth-order valence-electron chi connectivity index (χ4n) is 2.68. The van der Waals surface area contributed by atoms with Crippen LogP contribution in [0.4, 0.5) is 5.69 Å². The molecule has 0 fully saturated rings. The van der Waals surface area contributed by atoms with Crippen LogP contribution in [0.5, 0.6) is 0 Å². The number of carbonyl (C=O) groups is 1. The van der Waals surface area contributed by atoms with Gasteiger partial charge in [0.1, 0.15) is 5.65 Å². The van der Waals surface area contributed by atoms with E-state index in [1.165, 1.54) is 16.4 Å². The number of anilines is 1. The van der Waals surface area contributed by atoms with Gasteiger partial charge in [0, 0.05) is 37.4 Å². The Morgan fingerprint density at radius 2 is 1.81 bits per heavy atom. The number of rotatable bonds is 6. The molecule has 0 atom stereocenters. The summed E-state index contributed by atoms with van der Waals surface area (Å²) in [5.74, 6) is -0.278. The predicted octanol–water partition coefficient (Wildman–Crippen LogP) is 2.62. The van der Waals surface area contributed by atoms with Gasteiger partial charge in [0.15, 0.2) is 0 Å². The van der Waals surface area contributed by atoms with Crippen molar-refractivity contribution >= 4 is 27.3 Å². The van der Waals surface area contributed by atoms with Crippen LogP contribution in [0.1, 0.15) is 24.2 Å². The minimum atomic E-state index is -3.51. The van der Waals surface area contributed by atoms with Crippen LogP contribution in [0.15, 0.2) is 59.9 Å². The Balaban J connectivity index is 1.77. The highest BCUT2D eigenvalue weighted by atomic mass is 32.2. The molecule has 0 aliphatic carbocycles. The van der Waals surface area contributed by atoms with E-state index < -0.39 is 10.0 Å². The maximum atomic E-state index is 12.5. The molecule has 7 nitrogen and oxygen atoms in total. The molecule has 2 aromatic heterocycles. The van der Waals surface area contributed by atoms with Crippen LogP contribution in [0.3, 0.4) is 0 Å². The molecule has 26 heavy (non-hydrogen) atoms. The van der Waals surface area contributed by atoms with Gasteiger partial charge in [-0.15, -0.1) is 0 Å². The van der Waals surface area contributed by atoms with Crippen molar-refractivity contribution in [2.75, 3.05) is 18.4 Å². The normalized spacial score (nSPS) is 11.8. The van der Waals surface area contributed by atoms with Crippen molar-refractivity contribution in [1.29, 1.82) is 0 Å². The molecule has 0 aliphatic heterocycles. The molecular weight excluding hydrogens is 352 g/mol. The number of imidazole rings is 1. The molecule has 0 spiro atoms. The Morgan fingerprint density at radius 3 is 2.46 bits per heavy atom. The van der Waals surface area contributed by atoms with Crippen LogP contribution in [0.25, 0.3) is 5.65 Å². The number of benzene rings is 1. The van der Waals surface area contributed by atoms with Crippen LogP contribution in [-0.2, 0) is 10.0 Å². The average molecular weight is 372 g/mol. The topological polar surface area (TPSA) is 83.8 Å². The molecular formula is C18H20N4O3S. The second kappa shape index (κ2) is 7.27. The Kier molecular flexibility index (Phi) is 5.06. The van der Waals surface area contributed by atoms with E-state index in [1.54, 1.807) is 61.1 Å². The number of sulfonamides is 1. The number of hydrogen-bond donors (Lipinski definition) is 1. The molecule has 3 aromatic rings. The lowest BCUT2D eigenvalue weighted by Gasteiger charge is -2.18. The van der Waals surface area contributed by atoms with E-state index >= 15 is 0 Å². The van der Waals surface area contributed by atoms with E-state index in [0.29, 0.717) is 24.3 Å². The van der Waals surface area contributed by atoms with Gasteiger partial charge in [-0.05, 0) is 36.4 Å². The standard InChI is InChI=1S/C18H20N4O3S/c1-3-22(4-2)26(24,25)16-8-6-15(7-9-16)20-18(23)14-5-10-17-19-11-12-21(17)13-14/h5-13H,3-4H2,1-2H3,(H,20,23). The summed E-state index contributed by atoms with van der Waals surface area (Å²) < 4.78 is 28.1. The first kappa shape index (κ1) is 18.1. The number of pyridine rings is 1. The summed E-state index contributed by atoms with van der Waals surface area (Å²) in [6.07, 6.45) is 5.11. The lowest BCUT2D eigenvalue weighted by Crippen LogP contribution is -2.30. The molecule has 0 aliphatic rings. The summed E-state index contributed by atoms with van der Waals surface area (Å²) in [6.45, 7) is 4.42. The van der Waals surface area contributed by atoms with Gasteiger partial charge in [0.25, 0.3) is 5.91 Å². The van der Waals surface area contributed by atoms with E-state index in [0.717, 1.165) is 5.65 Å². The number of hydrogen-bond acceptors (Lipinski definition) is 4. The number of aromatic nitrogens is 2. The van der Waals surface area contributed by atoms with Crippen molar-refractivity contribution in [1.82, 2.24) is 13.7 Å². The van der Waals surface area contributed by atoms with Crippen LogP contribution < -0.4 is 5.32 Å². The van der Waals surface area contributed by atoms with Crippen LogP contribution >= 0.6 is 0 Å². The molecule has 0 unspecified atom stereocenters. The maximum absolute atomic E-state index is 12.5. The number of carbonyl (C=O) groups excluding carboxylic acids is 1. The van der Waals surface area contributed by atoms with E-state index in [4.69, 9.17) is 0 Å². The van der Waals surface area contributed by atoms with Gasteiger partial charge in [-0.3, -0.25) is 4.79 Å². The Labute approximate surface area is 152 Å². The monoisotopic (exact) mass is 372 g/mol. The SMILES string of the molecule is CCN(CC)S(=O)(=O)c1ccc(NC(=O)c2ccc3nccn3c2)cc1. The summed E-state index contributed by atoms with van der Waals surface area (Å²) in [7, 11) is -3.51. The number of nitrogens with one attached hydrogen (secondary N) is 1. The second-order valence-corrected chi connectivity index (χ2v) is 7.62. The van der Waals surface area contributed by atoms with Gasteiger partial charge in [-0.25, -0.2) is 13.4 Å². The third-order valence-electron chi connectivity index (χ3n) is 4.11. The van der Waals surface area contributed by atoms with Crippen molar-refractivity contribution in [3.05, 3.63) is 60.6 Å².